The first-order valence-electron chi connectivity index (χ1n) is 3.99. The van der Waals surface area contributed by atoms with Gasteiger partial charge in [-0.3, -0.25) is 0 Å². The van der Waals surface area contributed by atoms with E-state index in [1.165, 1.54) is 0 Å². The number of halogens is 1. The maximum absolute atomic E-state index is 5.88. The van der Waals surface area contributed by atoms with Crippen molar-refractivity contribution in [2.75, 3.05) is 7.11 Å². The van der Waals surface area contributed by atoms with E-state index in [1.807, 2.05) is 13.8 Å². The molecule has 3 nitrogen and oxygen atoms in total. The van der Waals surface area contributed by atoms with Gasteiger partial charge in [-0.15, -0.1) is 0 Å². The summed E-state index contributed by atoms with van der Waals surface area (Å²) in [4.78, 5) is 4.01. The van der Waals surface area contributed by atoms with Crippen LogP contribution in [0.3, 0.4) is 0 Å². The fourth-order valence-corrected chi connectivity index (χ4v) is 1.03. The molecule has 0 amide bonds. The van der Waals surface area contributed by atoms with E-state index in [4.69, 9.17) is 21.1 Å². The molecule has 0 aromatic carbocycles. The van der Waals surface area contributed by atoms with Crippen molar-refractivity contribution < 1.29 is 9.47 Å². The molecule has 0 N–H and O–H groups in total. The molecule has 0 spiro atoms. The highest BCUT2D eigenvalue weighted by Gasteiger charge is 2.06. The predicted molar refractivity (Wildman–Crippen MR) is 51.6 cm³/mol. The summed E-state index contributed by atoms with van der Waals surface area (Å²) in [6.45, 7) is 3.84. The van der Waals surface area contributed by atoms with Crippen LogP contribution in [-0.2, 0) is 0 Å². The van der Waals surface area contributed by atoms with Gasteiger partial charge in [-0.1, -0.05) is 11.6 Å². The molecular weight excluding hydrogens is 190 g/mol. The Balaban J connectivity index is 2.85. The molecule has 0 atom stereocenters. The van der Waals surface area contributed by atoms with Gasteiger partial charge in [-0.2, -0.15) is 0 Å². The molecule has 0 fully saturated rings. The van der Waals surface area contributed by atoms with E-state index in [1.54, 1.807) is 19.4 Å². The molecule has 0 aliphatic carbocycles. The zero-order chi connectivity index (χ0) is 9.84. The van der Waals surface area contributed by atoms with E-state index in [9.17, 15) is 0 Å². The first-order chi connectivity index (χ1) is 6.13. The summed E-state index contributed by atoms with van der Waals surface area (Å²) in [5.74, 6) is 1.07. The molecule has 0 aliphatic rings. The van der Waals surface area contributed by atoms with E-state index >= 15 is 0 Å². The van der Waals surface area contributed by atoms with Gasteiger partial charge in [0.25, 0.3) is 0 Å². The van der Waals surface area contributed by atoms with Gasteiger partial charge in [0.05, 0.1) is 19.4 Å². The molecular formula is C9H12ClNO2. The van der Waals surface area contributed by atoms with Gasteiger partial charge < -0.3 is 9.47 Å². The lowest BCUT2D eigenvalue weighted by Gasteiger charge is -2.10. The van der Waals surface area contributed by atoms with Crippen LogP contribution in [0.25, 0.3) is 0 Å². The zero-order valence-electron chi connectivity index (χ0n) is 7.87. The van der Waals surface area contributed by atoms with E-state index < -0.39 is 0 Å². The quantitative estimate of drug-likeness (QED) is 0.753. The van der Waals surface area contributed by atoms with Gasteiger partial charge in [-0.05, 0) is 13.8 Å². The smallest absolute Gasteiger partial charge is 0.233 e. The Kier molecular flexibility index (Phi) is 3.37. The number of nitrogens with zero attached hydrogens (tertiary/aromatic N) is 1. The second-order valence-electron chi connectivity index (χ2n) is 2.83. The monoisotopic (exact) mass is 201 g/mol. The molecule has 1 aromatic rings. The van der Waals surface area contributed by atoms with Crippen molar-refractivity contribution >= 4 is 11.6 Å². The topological polar surface area (TPSA) is 31.4 Å². The van der Waals surface area contributed by atoms with Crippen LogP contribution in [0, 0.1) is 0 Å². The Hall–Kier alpha value is -0.960. The second-order valence-corrected chi connectivity index (χ2v) is 3.24. The largest absolute Gasteiger partial charge is 0.495 e. The summed E-state index contributed by atoms with van der Waals surface area (Å²) < 4.78 is 10.3. The number of hydrogen-bond donors (Lipinski definition) is 0. The Bertz CT molecular complexity index is 289. The minimum Gasteiger partial charge on any atom is -0.495 e. The summed E-state index contributed by atoms with van der Waals surface area (Å²) in [6, 6.07) is 1.67. The highest BCUT2D eigenvalue weighted by Crippen LogP contribution is 2.26. The zero-order valence-corrected chi connectivity index (χ0v) is 8.63. The maximum atomic E-state index is 5.88. The van der Waals surface area contributed by atoms with Crippen LogP contribution in [0.4, 0.5) is 0 Å². The minimum atomic E-state index is 0.0680. The highest BCUT2D eigenvalue weighted by molar-refractivity contribution is 6.31. The Morgan fingerprint density at radius 1 is 1.46 bits per heavy atom. The van der Waals surface area contributed by atoms with Crippen molar-refractivity contribution in [2.45, 2.75) is 20.0 Å². The summed E-state index contributed by atoms with van der Waals surface area (Å²) in [6.07, 6.45) is 1.64. The number of rotatable bonds is 3. The van der Waals surface area contributed by atoms with Crippen LogP contribution < -0.4 is 9.47 Å². The number of ether oxygens (including phenoxy) is 2. The third-order valence-electron chi connectivity index (χ3n) is 1.37. The number of aromatic nitrogens is 1. The van der Waals surface area contributed by atoms with Gasteiger partial charge in [-0.25, -0.2) is 4.98 Å². The lowest BCUT2D eigenvalue weighted by atomic mass is 10.4. The van der Waals surface area contributed by atoms with Crippen LogP contribution in [0.5, 0.6) is 11.6 Å². The highest BCUT2D eigenvalue weighted by atomic mass is 35.5. The third-order valence-corrected chi connectivity index (χ3v) is 1.64. The number of pyridine rings is 1. The normalized spacial score (nSPS) is 10.2. The molecule has 0 radical (unpaired) electrons. The Labute approximate surface area is 82.6 Å². The average Bonchev–Trinajstić information content (AvgIpc) is 2.08. The van der Waals surface area contributed by atoms with E-state index in [0.717, 1.165) is 0 Å². The molecule has 0 bridgehead atoms. The van der Waals surface area contributed by atoms with Crippen molar-refractivity contribution in [1.29, 1.82) is 0 Å². The van der Waals surface area contributed by atoms with Crippen LogP contribution in [0.1, 0.15) is 13.8 Å². The summed E-state index contributed by atoms with van der Waals surface area (Å²) in [5.41, 5.74) is 0. The molecule has 1 aromatic heterocycles. The maximum Gasteiger partial charge on any atom is 0.233 e. The summed E-state index contributed by atoms with van der Waals surface area (Å²) >= 11 is 5.88. The van der Waals surface area contributed by atoms with Crippen molar-refractivity contribution in [3.63, 3.8) is 0 Å². The molecule has 4 heteroatoms. The fraction of sp³-hybridized carbons (Fsp3) is 0.444. The standard InChI is InChI=1S/C9H12ClNO2/c1-6(2)13-9-8(10)4-7(12-3)5-11-9/h4-6H,1-3H3. The minimum absolute atomic E-state index is 0.0680. The van der Waals surface area contributed by atoms with Crippen LogP contribution >= 0.6 is 11.6 Å². The lowest BCUT2D eigenvalue weighted by Crippen LogP contribution is -2.07. The van der Waals surface area contributed by atoms with Crippen LogP contribution in [-0.4, -0.2) is 18.2 Å². The van der Waals surface area contributed by atoms with Gasteiger partial charge in [0.15, 0.2) is 0 Å². The first-order valence-corrected chi connectivity index (χ1v) is 4.37. The summed E-state index contributed by atoms with van der Waals surface area (Å²) in [7, 11) is 1.57. The van der Waals surface area contributed by atoms with Crippen molar-refractivity contribution in [2.24, 2.45) is 0 Å². The molecule has 1 rings (SSSR count). The van der Waals surface area contributed by atoms with Crippen molar-refractivity contribution in [3.8, 4) is 11.6 Å². The van der Waals surface area contributed by atoms with Crippen LogP contribution in [0.15, 0.2) is 12.3 Å². The molecule has 72 valence electrons. The van der Waals surface area contributed by atoms with Crippen molar-refractivity contribution in [1.82, 2.24) is 4.98 Å². The van der Waals surface area contributed by atoms with Gasteiger partial charge in [0.1, 0.15) is 10.8 Å². The Morgan fingerprint density at radius 3 is 2.62 bits per heavy atom. The molecule has 0 saturated heterocycles. The van der Waals surface area contributed by atoms with E-state index in [0.29, 0.717) is 16.7 Å². The Morgan fingerprint density at radius 2 is 2.15 bits per heavy atom. The lowest BCUT2D eigenvalue weighted by molar-refractivity contribution is 0.232. The molecule has 0 unspecified atom stereocenters. The number of hydrogen-bond acceptors (Lipinski definition) is 3. The SMILES string of the molecule is COc1cnc(OC(C)C)c(Cl)c1. The van der Waals surface area contributed by atoms with Crippen LogP contribution in [0.2, 0.25) is 5.02 Å². The van der Waals surface area contributed by atoms with E-state index in [-0.39, 0.29) is 6.10 Å². The molecule has 1 heterocycles. The fourth-order valence-electron chi connectivity index (χ4n) is 0.829. The molecule has 13 heavy (non-hydrogen) atoms. The average molecular weight is 202 g/mol. The summed E-state index contributed by atoms with van der Waals surface area (Å²) in [5, 5.41) is 0.466. The van der Waals surface area contributed by atoms with Gasteiger partial charge >= 0.3 is 0 Å². The predicted octanol–water partition coefficient (Wildman–Crippen LogP) is 2.53. The van der Waals surface area contributed by atoms with Gasteiger partial charge in [0, 0.05) is 6.07 Å². The van der Waals surface area contributed by atoms with Crippen molar-refractivity contribution in [3.05, 3.63) is 17.3 Å². The third kappa shape index (κ3) is 2.77. The van der Waals surface area contributed by atoms with Gasteiger partial charge in [0.2, 0.25) is 5.88 Å². The number of methoxy groups -OCH3 is 1. The first kappa shape index (κ1) is 10.1. The molecule has 0 saturated carbocycles. The second kappa shape index (κ2) is 4.33. The molecule has 0 aliphatic heterocycles. The van der Waals surface area contributed by atoms with E-state index in [2.05, 4.69) is 4.98 Å².